The largest absolute Gasteiger partial charge is 0.379 e. The number of fused-ring (bicyclic) bond motifs is 1. The summed E-state index contributed by atoms with van der Waals surface area (Å²) in [6, 6.07) is 15.4. The maximum Gasteiger partial charge on any atom is 0.138 e. The smallest absolute Gasteiger partial charge is 0.138 e. The van der Waals surface area contributed by atoms with Crippen LogP contribution >= 0.6 is 11.3 Å². The molecule has 1 saturated heterocycles. The second-order valence-corrected chi connectivity index (χ2v) is 11.4. The third-order valence-corrected chi connectivity index (χ3v) is 8.24. The molecule has 1 aliphatic heterocycles. The minimum atomic E-state index is 0.116. The van der Waals surface area contributed by atoms with Crippen molar-refractivity contribution >= 4 is 28.1 Å². The maximum atomic E-state index is 5.47. The summed E-state index contributed by atoms with van der Waals surface area (Å²) in [7, 11) is 4.23. The molecule has 4 heterocycles. The molecule has 0 amide bonds. The highest BCUT2D eigenvalue weighted by atomic mass is 32.1. The Morgan fingerprint density at radius 3 is 2.74 bits per heavy atom. The quantitative estimate of drug-likeness (QED) is 0.288. The van der Waals surface area contributed by atoms with Gasteiger partial charge in [0.15, 0.2) is 0 Å². The van der Waals surface area contributed by atoms with E-state index in [0.29, 0.717) is 0 Å². The molecule has 0 radical (unpaired) electrons. The van der Waals surface area contributed by atoms with E-state index in [9.17, 15) is 0 Å². The molecule has 5 rings (SSSR count). The molecule has 0 bridgehead atoms. The lowest BCUT2D eigenvalue weighted by atomic mass is 10.1. The van der Waals surface area contributed by atoms with Gasteiger partial charge in [-0.1, -0.05) is 24.3 Å². The fraction of sp³-hybridized carbons (Fsp3) is 0.433. The Morgan fingerprint density at radius 2 is 1.92 bits per heavy atom. The Balaban J connectivity index is 1.32. The number of benzene rings is 1. The summed E-state index contributed by atoms with van der Waals surface area (Å²) in [5.74, 6) is 1.62. The number of hydrogen-bond acceptors (Lipinski definition) is 8. The molecule has 4 aromatic rings. The van der Waals surface area contributed by atoms with Crippen LogP contribution < -0.4 is 5.32 Å². The first-order valence-electron chi connectivity index (χ1n) is 13.5. The van der Waals surface area contributed by atoms with Crippen molar-refractivity contribution in [3.63, 3.8) is 0 Å². The van der Waals surface area contributed by atoms with Crippen LogP contribution in [-0.4, -0.2) is 71.7 Å². The third-order valence-electron chi connectivity index (χ3n) is 6.94. The van der Waals surface area contributed by atoms with Gasteiger partial charge in [0, 0.05) is 40.5 Å². The van der Waals surface area contributed by atoms with Crippen LogP contribution in [0.4, 0.5) is 5.82 Å². The van der Waals surface area contributed by atoms with Crippen LogP contribution in [0.5, 0.6) is 0 Å². The number of hydrogen-bond donors (Lipinski definition) is 1. The van der Waals surface area contributed by atoms with Crippen LogP contribution in [0, 0.1) is 6.92 Å². The van der Waals surface area contributed by atoms with E-state index < -0.39 is 0 Å². The van der Waals surface area contributed by atoms with Gasteiger partial charge in [-0.3, -0.25) is 9.88 Å². The fourth-order valence-electron chi connectivity index (χ4n) is 4.99. The summed E-state index contributed by atoms with van der Waals surface area (Å²) in [6.07, 6.45) is 3.92. The Bertz CT molecular complexity index is 1360. The second kappa shape index (κ2) is 12.3. The minimum absolute atomic E-state index is 0.116. The number of aromatic nitrogens is 3. The second-order valence-electron chi connectivity index (χ2n) is 10.3. The van der Waals surface area contributed by atoms with E-state index >= 15 is 0 Å². The van der Waals surface area contributed by atoms with Crippen molar-refractivity contribution in [2.24, 2.45) is 0 Å². The molecule has 38 heavy (non-hydrogen) atoms. The molecule has 1 aromatic carbocycles. The van der Waals surface area contributed by atoms with Gasteiger partial charge in [0.1, 0.15) is 11.6 Å². The van der Waals surface area contributed by atoms with Crippen LogP contribution in [0.2, 0.25) is 0 Å². The molecular formula is C30H38N6OS. The molecule has 1 atom stereocenters. The molecule has 7 nitrogen and oxygen atoms in total. The van der Waals surface area contributed by atoms with Gasteiger partial charge >= 0.3 is 0 Å². The minimum Gasteiger partial charge on any atom is -0.379 e. The van der Waals surface area contributed by atoms with Crippen molar-refractivity contribution in [2.75, 3.05) is 52.3 Å². The average molecular weight is 531 g/mol. The van der Waals surface area contributed by atoms with E-state index in [4.69, 9.17) is 14.7 Å². The van der Waals surface area contributed by atoms with Gasteiger partial charge in [-0.25, -0.2) is 9.97 Å². The molecule has 0 aliphatic carbocycles. The van der Waals surface area contributed by atoms with Crippen LogP contribution in [0.1, 0.15) is 41.3 Å². The average Bonchev–Trinajstić information content (AvgIpc) is 3.40. The van der Waals surface area contributed by atoms with Crippen molar-refractivity contribution < 1.29 is 4.74 Å². The lowest BCUT2D eigenvalue weighted by Crippen LogP contribution is -2.36. The SMILES string of the molecule is Cc1nc(NC(C)c2ccc(-c3ccccc3CN(C)C)s2)c2cc(CCCN3CCOCC3)ncc2n1. The number of nitrogens with one attached hydrogen (secondary N) is 1. The van der Waals surface area contributed by atoms with Gasteiger partial charge in [-0.15, -0.1) is 11.3 Å². The van der Waals surface area contributed by atoms with Gasteiger partial charge in [0.05, 0.1) is 31.0 Å². The molecule has 3 aromatic heterocycles. The molecule has 8 heteroatoms. The molecule has 200 valence electrons. The van der Waals surface area contributed by atoms with Gasteiger partial charge < -0.3 is 15.0 Å². The maximum absolute atomic E-state index is 5.47. The molecule has 0 saturated carbocycles. The summed E-state index contributed by atoms with van der Waals surface area (Å²) < 4.78 is 5.47. The predicted molar refractivity (Wildman–Crippen MR) is 157 cm³/mol. The first-order chi connectivity index (χ1) is 18.5. The van der Waals surface area contributed by atoms with Gasteiger partial charge in [-0.05, 0) is 76.7 Å². The lowest BCUT2D eigenvalue weighted by molar-refractivity contribution is 0.0374. The highest BCUT2D eigenvalue weighted by Gasteiger charge is 2.16. The van der Waals surface area contributed by atoms with Crippen LogP contribution in [-0.2, 0) is 17.7 Å². The summed E-state index contributed by atoms with van der Waals surface area (Å²) in [5, 5.41) is 4.72. The first kappa shape index (κ1) is 26.7. The topological polar surface area (TPSA) is 66.4 Å². The monoisotopic (exact) mass is 530 g/mol. The van der Waals surface area contributed by atoms with Crippen molar-refractivity contribution in [2.45, 2.75) is 39.3 Å². The van der Waals surface area contributed by atoms with Crippen molar-refractivity contribution in [3.05, 3.63) is 70.6 Å². The Labute approximate surface area is 229 Å². The van der Waals surface area contributed by atoms with Crippen LogP contribution in [0.25, 0.3) is 21.3 Å². The van der Waals surface area contributed by atoms with E-state index in [2.05, 4.69) is 83.6 Å². The van der Waals surface area contributed by atoms with E-state index in [0.717, 1.165) is 80.5 Å². The number of aryl methyl sites for hydroxylation is 2. The number of pyridine rings is 1. The number of anilines is 1. The number of morpholine rings is 1. The molecule has 0 spiro atoms. The highest BCUT2D eigenvalue weighted by Crippen LogP contribution is 2.35. The Hall–Kier alpha value is -2.91. The Kier molecular flexibility index (Phi) is 8.64. The molecular weight excluding hydrogens is 492 g/mol. The standard InChI is InChI=1S/C30H38N6OS/c1-21(28-11-12-29(38-28)25-10-6-5-8-23(25)20-35(3)4)32-30-26-18-24(31-19-27(26)33-22(2)34-30)9-7-13-36-14-16-37-17-15-36/h5-6,8,10-12,18-19,21H,7,9,13-17,20H2,1-4H3,(H,32,33,34). The molecule has 1 fully saturated rings. The first-order valence-corrected chi connectivity index (χ1v) is 14.3. The summed E-state index contributed by atoms with van der Waals surface area (Å²) in [6.45, 7) is 9.87. The number of thiophene rings is 1. The Morgan fingerprint density at radius 1 is 1.11 bits per heavy atom. The van der Waals surface area contributed by atoms with Crippen molar-refractivity contribution in [1.82, 2.24) is 24.8 Å². The van der Waals surface area contributed by atoms with Crippen molar-refractivity contribution in [3.8, 4) is 10.4 Å². The van der Waals surface area contributed by atoms with Gasteiger partial charge in [0.2, 0.25) is 0 Å². The fourth-order valence-corrected chi connectivity index (χ4v) is 6.06. The molecule has 1 aliphatic rings. The van der Waals surface area contributed by atoms with Gasteiger partial charge in [-0.2, -0.15) is 0 Å². The van der Waals surface area contributed by atoms with Crippen molar-refractivity contribution in [1.29, 1.82) is 0 Å². The molecule has 1 N–H and O–H groups in total. The number of nitrogens with zero attached hydrogens (tertiary/aromatic N) is 5. The number of ether oxygens (including phenoxy) is 1. The van der Waals surface area contributed by atoms with E-state index in [-0.39, 0.29) is 6.04 Å². The third kappa shape index (κ3) is 6.56. The predicted octanol–water partition coefficient (Wildman–Crippen LogP) is 5.56. The van der Waals surface area contributed by atoms with Crippen LogP contribution in [0.3, 0.4) is 0 Å². The zero-order valence-corrected chi connectivity index (χ0v) is 23.7. The lowest BCUT2D eigenvalue weighted by Gasteiger charge is -2.26. The van der Waals surface area contributed by atoms with E-state index in [1.807, 2.05) is 24.5 Å². The zero-order chi connectivity index (χ0) is 26.5. The summed E-state index contributed by atoms with van der Waals surface area (Å²) >= 11 is 1.84. The van der Waals surface area contributed by atoms with Gasteiger partial charge in [0.25, 0.3) is 0 Å². The molecule has 1 unspecified atom stereocenters. The van der Waals surface area contributed by atoms with E-state index in [1.54, 1.807) is 0 Å². The normalized spacial score (nSPS) is 15.3. The zero-order valence-electron chi connectivity index (χ0n) is 22.9. The highest BCUT2D eigenvalue weighted by molar-refractivity contribution is 7.15. The number of rotatable bonds is 10. The summed E-state index contributed by atoms with van der Waals surface area (Å²) in [5.41, 5.74) is 4.62. The summed E-state index contributed by atoms with van der Waals surface area (Å²) in [4.78, 5) is 21.4. The van der Waals surface area contributed by atoms with E-state index in [1.165, 1.54) is 20.9 Å². The van der Waals surface area contributed by atoms with Crippen LogP contribution in [0.15, 0.2) is 48.7 Å².